The Hall–Kier alpha value is -3.17. The van der Waals surface area contributed by atoms with Gasteiger partial charge in [0.25, 0.3) is 5.91 Å². The van der Waals surface area contributed by atoms with Gasteiger partial charge in [-0.1, -0.05) is 55.5 Å². The minimum absolute atomic E-state index is 0.0566. The second-order valence-corrected chi connectivity index (χ2v) is 13.5. The number of carbonyl (C=O) groups is 2. The van der Waals surface area contributed by atoms with Crippen molar-refractivity contribution in [1.29, 1.82) is 0 Å². The Kier molecular flexibility index (Phi) is 8.61. The van der Waals surface area contributed by atoms with Crippen LogP contribution < -0.4 is 10.6 Å². The fraction of sp³-hybridized carbons (Fsp3) is 0.433. The molecule has 5 rings (SSSR count). The SMILES string of the molecule is CS(=O)(=O)c1ccc(C(CC2CCCC2)C(=O)Nc2ccn(Cc3cccc(C(=O)NCC4CC4)c3)n2)cc1Cl. The Morgan fingerprint density at radius 3 is 2.52 bits per heavy atom. The Morgan fingerprint density at radius 2 is 1.82 bits per heavy atom. The van der Waals surface area contributed by atoms with E-state index in [1.54, 1.807) is 35.1 Å². The summed E-state index contributed by atoms with van der Waals surface area (Å²) in [6.07, 6.45) is 10.4. The molecule has 1 aromatic heterocycles. The zero-order chi connectivity index (χ0) is 28.3. The molecule has 2 N–H and O–H groups in total. The molecule has 2 fully saturated rings. The molecular formula is C30H35ClN4O4S. The Bertz CT molecular complexity index is 1490. The minimum Gasteiger partial charge on any atom is -0.352 e. The van der Waals surface area contributed by atoms with Gasteiger partial charge in [-0.05, 0) is 66.5 Å². The number of halogens is 1. The lowest BCUT2D eigenvalue weighted by atomic mass is 9.87. The summed E-state index contributed by atoms with van der Waals surface area (Å²) in [6, 6.07) is 14.0. The number of nitrogens with one attached hydrogen (secondary N) is 2. The molecule has 0 bridgehead atoms. The molecule has 3 aromatic rings. The van der Waals surface area contributed by atoms with Gasteiger partial charge in [0.05, 0.1) is 22.4 Å². The molecule has 1 heterocycles. The van der Waals surface area contributed by atoms with E-state index in [9.17, 15) is 18.0 Å². The average Bonchev–Trinajstić information content (AvgIpc) is 3.40. The highest BCUT2D eigenvalue weighted by molar-refractivity contribution is 7.90. The molecule has 0 radical (unpaired) electrons. The lowest BCUT2D eigenvalue weighted by Gasteiger charge is -2.21. The van der Waals surface area contributed by atoms with Crippen molar-refractivity contribution in [1.82, 2.24) is 15.1 Å². The van der Waals surface area contributed by atoms with Crippen LogP contribution in [0.4, 0.5) is 5.82 Å². The maximum atomic E-state index is 13.5. The molecule has 2 saturated carbocycles. The maximum absolute atomic E-state index is 13.5. The van der Waals surface area contributed by atoms with Crippen LogP contribution in [0, 0.1) is 11.8 Å². The van der Waals surface area contributed by atoms with E-state index in [4.69, 9.17) is 11.6 Å². The molecule has 1 atom stereocenters. The third-order valence-corrected chi connectivity index (χ3v) is 9.37. The van der Waals surface area contributed by atoms with E-state index in [0.717, 1.165) is 44.0 Å². The maximum Gasteiger partial charge on any atom is 0.251 e. The summed E-state index contributed by atoms with van der Waals surface area (Å²) in [4.78, 5) is 26.1. The summed E-state index contributed by atoms with van der Waals surface area (Å²) in [5.41, 5.74) is 2.24. The quantitative estimate of drug-likeness (QED) is 0.313. The first-order chi connectivity index (χ1) is 19.2. The first-order valence-corrected chi connectivity index (χ1v) is 16.1. The first-order valence-electron chi connectivity index (χ1n) is 13.9. The van der Waals surface area contributed by atoms with E-state index in [0.29, 0.717) is 41.7 Å². The summed E-state index contributed by atoms with van der Waals surface area (Å²) in [5.74, 6) is 0.723. The Balaban J connectivity index is 1.27. The second kappa shape index (κ2) is 12.1. The van der Waals surface area contributed by atoms with Crippen LogP contribution in [-0.2, 0) is 21.2 Å². The van der Waals surface area contributed by atoms with Gasteiger partial charge in [-0.15, -0.1) is 0 Å². The Morgan fingerprint density at radius 1 is 1.05 bits per heavy atom. The molecule has 0 saturated heterocycles. The van der Waals surface area contributed by atoms with Crippen LogP contribution >= 0.6 is 11.6 Å². The molecular weight excluding hydrogens is 548 g/mol. The smallest absolute Gasteiger partial charge is 0.251 e. The summed E-state index contributed by atoms with van der Waals surface area (Å²) in [7, 11) is -3.47. The number of hydrogen-bond donors (Lipinski definition) is 2. The summed E-state index contributed by atoms with van der Waals surface area (Å²) >= 11 is 6.33. The molecule has 2 amide bonds. The molecule has 10 heteroatoms. The largest absolute Gasteiger partial charge is 0.352 e. The van der Waals surface area contributed by atoms with E-state index >= 15 is 0 Å². The minimum atomic E-state index is -3.47. The van der Waals surface area contributed by atoms with Crippen LogP contribution in [-0.4, -0.2) is 42.8 Å². The molecule has 212 valence electrons. The van der Waals surface area contributed by atoms with E-state index in [-0.39, 0.29) is 21.7 Å². The topological polar surface area (TPSA) is 110 Å². The number of amides is 2. The fourth-order valence-corrected chi connectivity index (χ4v) is 6.74. The van der Waals surface area contributed by atoms with E-state index < -0.39 is 15.8 Å². The lowest BCUT2D eigenvalue weighted by Crippen LogP contribution is -2.25. The highest BCUT2D eigenvalue weighted by atomic mass is 35.5. The van der Waals surface area contributed by atoms with Gasteiger partial charge < -0.3 is 10.6 Å². The third-order valence-electron chi connectivity index (χ3n) is 7.79. The van der Waals surface area contributed by atoms with Gasteiger partial charge in [0.15, 0.2) is 15.7 Å². The van der Waals surface area contributed by atoms with E-state index in [2.05, 4.69) is 15.7 Å². The van der Waals surface area contributed by atoms with Crippen molar-refractivity contribution >= 4 is 39.1 Å². The first kappa shape index (κ1) is 28.4. The molecule has 2 aliphatic carbocycles. The van der Waals surface area contributed by atoms with Gasteiger partial charge >= 0.3 is 0 Å². The second-order valence-electron chi connectivity index (χ2n) is 11.1. The van der Waals surface area contributed by atoms with Gasteiger partial charge in [0.2, 0.25) is 5.91 Å². The predicted octanol–water partition coefficient (Wildman–Crippen LogP) is 5.43. The van der Waals surface area contributed by atoms with Crippen LogP contribution in [0.15, 0.2) is 59.6 Å². The van der Waals surface area contributed by atoms with Gasteiger partial charge in [0, 0.05) is 30.6 Å². The zero-order valence-corrected chi connectivity index (χ0v) is 24.2. The normalized spacial score (nSPS) is 16.6. The molecule has 40 heavy (non-hydrogen) atoms. The number of anilines is 1. The predicted molar refractivity (Wildman–Crippen MR) is 155 cm³/mol. The number of benzene rings is 2. The molecule has 0 aliphatic heterocycles. The number of nitrogens with zero attached hydrogens (tertiary/aromatic N) is 2. The number of hydrogen-bond acceptors (Lipinski definition) is 5. The molecule has 2 aromatic carbocycles. The van der Waals surface area contributed by atoms with Gasteiger partial charge in [-0.3, -0.25) is 14.3 Å². The van der Waals surface area contributed by atoms with Gasteiger partial charge in [-0.2, -0.15) is 5.10 Å². The van der Waals surface area contributed by atoms with Crippen molar-refractivity contribution in [3.05, 3.63) is 76.4 Å². The lowest BCUT2D eigenvalue weighted by molar-refractivity contribution is -0.118. The van der Waals surface area contributed by atoms with Gasteiger partial charge in [0.1, 0.15) is 0 Å². The van der Waals surface area contributed by atoms with Crippen molar-refractivity contribution in [2.45, 2.75) is 62.3 Å². The van der Waals surface area contributed by atoms with Crippen molar-refractivity contribution in [3.8, 4) is 0 Å². The molecule has 8 nitrogen and oxygen atoms in total. The summed E-state index contributed by atoms with van der Waals surface area (Å²) < 4.78 is 25.8. The number of aromatic nitrogens is 2. The molecule has 0 spiro atoms. The fourth-order valence-electron chi connectivity index (χ4n) is 5.40. The number of carbonyl (C=O) groups excluding carboxylic acids is 2. The molecule has 1 unspecified atom stereocenters. The van der Waals surface area contributed by atoms with Crippen LogP contribution in [0.3, 0.4) is 0 Å². The van der Waals surface area contributed by atoms with E-state index in [1.165, 1.54) is 18.9 Å². The average molecular weight is 583 g/mol. The number of sulfone groups is 1. The van der Waals surface area contributed by atoms with Crippen molar-refractivity contribution in [2.75, 3.05) is 18.1 Å². The van der Waals surface area contributed by atoms with Crippen molar-refractivity contribution in [2.24, 2.45) is 11.8 Å². The molecule has 2 aliphatic rings. The zero-order valence-electron chi connectivity index (χ0n) is 22.6. The van der Waals surface area contributed by atoms with E-state index in [1.807, 2.05) is 18.2 Å². The highest BCUT2D eigenvalue weighted by Gasteiger charge is 2.28. The van der Waals surface area contributed by atoms with Crippen molar-refractivity contribution < 1.29 is 18.0 Å². The summed E-state index contributed by atoms with van der Waals surface area (Å²) in [5, 5.41) is 10.6. The van der Waals surface area contributed by atoms with Crippen LogP contribution in [0.25, 0.3) is 0 Å². The van der Waals surface area contributed by atoms with Crippen molar-refractivity contribution in [3.63, 3.8) is 0 Å². The standard InChI is InChI=1S/C30H35ClN4O4S/c1-40(38,39)27-12-11-23(17-26(27)31)25(16-20-5-2-3-6-20)30(37)33-28-13-14-35(34-28)19-22-7-4-8-24(15-22)29(36)32-18-21-9-10-21/h4,7-8,11-15,17,20-21,25H,2-3,5-6,9-10,16,18-19H2,1H3,(H,32,36)(H,33,34,37). The Labute approximate surface area is 240 Å². The third kappa shape index (κ3) is 7.31. The monoisotopic (exact) mass is 582 g/mol. The highest BCUT2D eigenvalue weighted by Crippen LogP contribution is 2.36. The number of rotatable bonds is 11. The van der Waals surface area contributed by atoms with Crippen LogP contribution in [0.1, 0.15) is 72.3 Å². The summed E-state index contributed by atoms with van der Waals surface area (Å²) in [6.45, 7) is 1.18. The van der Waals surface area contributed by atoms with Gasteiger partial charge in [-0.25, -0.2) is 8.42 Å². The van der Waals surface area contributed by atoms with Crippen LogP contribution in [0.2, 0.25) is 5.02 Å². The van der Waals surface area contributed by atoms with Crippen LogP contribution in [0.5, 0.6) is 0 Å².